The first-order valence-electron chi connectivity index (χ1n) is 12.5. The zero-order valence-electron chi connectivity index (χ0n) is 21.4. The number of ketones is 1. The van der Waals surface area contributed by atoms with Gasteiger partial charge in [0.2, 0.25) is 6.17 Å². The van der Waals surface area contributed by atoms with Crippen molar-refractivity contribution < 1.29 is 14.4 Å². The lowest BCUT2D eigenvalue weighted by atomic mass is 9.99. The SMILES string of the molecule is Cc1ccccc1C(=O)CN1C(=O)[C@H](NC(=O)Nc2c(Cl)cccc2Cl)N=C(c2ccccc2)c2ccccc21. The minimum Gasteiger partial charge on any atom is -0.308 e. The van der Waals surface area contributed by atoms with E-state index in [1.807, 2.05) is 61.5 Å². The number of Topliss-reactive ketones (excluding diaryl/α,β-unsaturated/α-hetero) is 1. The van der Waals surface area contributed by atoms with Crippen LogP contribution in [0.5, 0.6) is 0 Å². The van der Waals surface area contributed by atoms with E-state index in [0.717, 1.165) is 11.1 Å². The van der Waals surface area contributed by atoms with Gasteiger partial charge in [0.05, 0.1) is 33.7 Å². The van der Waals surface area contributed by atoms with Gasteiger partial charge in [-0.3, -0.25) is 9.59 Å². The van der Waals surface area contributed by atoms with Crippen LogP contribution in [0.2, 0.25) is 10.0 Å². The fourth-order valence-corrected chi connectivity index (χ4v) is 5.01. The highest BCUT2D eigenvalue weighted by molar-refractivity contribution is 6.39. The van der Waals surface area contributed by atoms with Crippen LogP contribution in [0.15, 0.2) is 102 Å². The van der Waals surface area contributed by atoms with Crippen LogP contribution in [0.25, 0.3) is 0 Å². The van der Waals surface area contributed by atoms with Crippen LogP contribution in [0.4, 0.5) is 16.2 Å². The number of aliphatic imine (C=N–C) groups is 1. The molecule has 0 fully saturated rings. The van der Waals surface area contributed by atoms with Crippen LogP contribution in [-0.4, -0.2) is 36.1 Å². The normalized spacial score (nSPS) is 14.6. The molecule has 3 amide bonds. The molecule has 1 atom stereocenters. The van der Waals surface area contributed by atoms with E-state index in [4.69, 9.17) is 28.2 Å². The van der Waals surface area contributed by atoms with Gasteiger partial charge in [0.1, 0.15) is 0 Å². The van der Waals surface area contributed by atoms with Gasteiger partial charge in [-0.25, -0.2) is 9.79 Å². The molecule has 9 heteroatoms. The smallest absolute Gasteiger partial charge is 0.308 e. The summed E-state index contributed by atoms with van der Waals surface area (Å²) in [5.41, 5.74) is 3.92. The predicted octanol–water partition coefficient (Wildman–Crippen LogP) is 6.52. The summed E-state index contributed by atoms with van der Waals surface area (Å²) in [6, 6.07) is 27.9. The Labute approximate surface area is 241 Å². The number of rotatable bonds is 6. The molecule has 1 heterocycles. The van der Waals surface area contributed by atoms with Crippen LogP contribution in [0.3, 0.4) is 0 Å². The molecule has 7 nitrogen and oxygen atoms in total. The zero-order valence-corrected chi connectivity index (χ0v) is 22.9. The van der Waals surface area contributed by atoms with Crippen LogP contribution < -0.4 is 15.5 Å². The third kappa shape index (κ3) is 5.61. The summed E-state index contributed by atoms with van der Waals surface area (Å²) >= 11 is 12.4. The third-order valence-corrected chi connectivity index (χ3v) is 7.10. The molecule has 0 saturated carbocycles. The standard InChI is InChI=1S/C31H24Cl2N4O3/c1-19-10-5-6-13-21(19)26(38)18-37-25-17-8-7-14-22(25)27(20-11-3-2-4-12-20)34-29(30(37)39)36-31(40)35-28-23(32)15-9-16-24(28)33/h2-17,29H,18H2,1H3,(H2,35,36,40)/t29-/m0/s1. The molecule has 0 spiro atoms. The van der Waals surface area contributed by atoms with Crippen molar-refractivity contribution in [2.24, 2.45) is 4.99 Å². The molecule has 0 radical (unpaired) electrons. The molecule has 1 aliphatic rings. The van der Waals surface area contributed by atoms with Gasteiger partial charge in [0.15, 0.2) is 5.78 Å². The first-order valence-corrected chi connectivity index (χ1v) is 13.2. The summed E-state index contributed by atoms with van der Waals surface area (Å²) in [4.78, 5) is 46.7. The molecule has 40 heavy (non-hydrogen) atoms. The number of halogens is 2. The van der Waals surface area contributed by atoms with Gasteiger partial charge in [0.25, 0.3) is 5.91 Å². The summed E-state index contributed by atoms with van der Waals surface area (Å²) in [7, 11) is 0. The first kappa shape index (κ1) is 27.1. The van der Waals surface area contributed by atoms with Gasteiger partial charge in [0, 0.05) is 16.7 Å². The zero-order chi connectivity index (χ0) is 28.2. The second-order valence-corrected chi connectivity index (χ2v) is 9.94. The molecule has 2 N–H and O–H groups in total. The number of nitrogens with zero attached hydrogens (tertiary/aromatic N) is 2. The van der Waals surface area contributed by atoms with Crippen LogP contribution in [-0.2, 0) is 4.79 Å². The number of aryl methyl sites for hydroxylation is 1. The van der Waals surface area contributed by atoms with Crippen molar-refractivity contribution in [3.05, 3.63) is 129 Å². The molecule has 4 aromatic carbocycles. The maximum Gasteiger partial charge on any atom is 0.321 e. The summed E-state index contributed by atoms with van der Waals surface area (Å²) in [5.74, 6) is -0.809. The van der Waals surface area contributed by atoms with Gasteiger partial charge in [-0.15, -0.1) is 0 Å². The molecule has 1 aliphatic heterocycles. The Kier molecular flexibility index (Phi) is 7.96. The largest absolute Gasteiger partial charge is 0.321 e. The van der Waals surface area contributed by atoms with Crippen molar-refractivity contribution in [1.82, 2.24) is 5.32 Å². The average Bonchev–Trinajstić information content (AvgIpc) is 3.06. The average molecular weight is 571 g/mol. The van der Waals surface area contributed by atoms with Crippen LogP contribution in [0.1, 0.15) is 27.0 Å². The first-order chi connectivity index (χ1) is 19.3. The molecule has 5 rings (SSSR count). The molecule has 0 bridgehead atoms. The number of amides is 3. The summed E-state index contributed by atoms with van der Waals surface area (Å²) in [6.45, 7) is 1.60. The third-order valence-electron chi connectivity index (χ3n) is 6.47. The van der Waals surface area contributed by atoms with Crippen molar-refractivity contribution in [3.8, 4) is 0 Å². The second-order valence-electron chi connectivity index (χ2n) is 9.12. The van der Waals surface area contributed by atoms with Crippen molar-refractivity contribution in [2.45, 2.75) is 13.1 Å². The fourth-order valence-electron chi connectivity index (χ4n) is 4.52. The van der Waals surface area contributed by atoms with Gasteiger partial charge in [-0.1, -0.05) is 102 Å². The minimum atomic E-state index is -1.35. The van der Waals surface area contributed by atoms with E-state index in [1.54, 1.807) is 42.5 Å². The molecule has 0 unspecified atom stereocenters. The Balaban J connectivity index is 1.55. The number of hydrogen-bond donors (Lipinski definition) is 2. The topological polar surface area (TPSA) is 90.9 Å². The number of benzene rings is 4. The maximum absolute atomic E-state index is 14.0. The molecule has 200 valence electrons. The van der Waals surface area contributed by atoms with E-state index >= 15 is 0 Å². The summed E-state index contributed by atoms with van der Waals surface area (Å²) < 4.78 is 0. The summed E-state index contributed by atoms with van der Waals surface area (Å²) in [6.07, 6.45) is -1.35. The molecule has 0 aliphatic carbocycles. The number of carbonyl (C=O) groups excluding carboxylic acids is 3. The lowest BCUT2D eigenvalue weighted by Crippen LogP contribution is -2.50. The number of benzodiazepines with no additional fused rings is 1. The van der Waals surface area contributed by atoms with Crippen molar-refractivity contribution in [3.63, 3.8) is 0 Å². The second kappa shape index (κ2) is 11.7. The minimum absolute atomic E-state index is 0.200. The predicted molar refractivity (Wildman–Crippen MR) is 159 cm³/mol. The van der Waals surface area contributed by atoms with Crippen molar-refractivity contribution >= 4 is 58.0 Å². The lowest BCUT2D eigenvalue weighted by molar-refractivity contribution is -0.120. The number of fused-ring (bicyclic) bond motifs is 1. The Morgan fingerprint density at radius 1 is 0.850 bits per heavy atom. The van der Waals surface area contributed by atoms with Crippen molar-refractivity contribution in [1.29, 1.82) is 0 Å². The van der Waals surface area contributed by atoms with E-state index in [0.29, 0.717) is 22.5 Å². The maximum atomic E-state index is 14.0. The Bertz CT molecular complexity index is 1620. The number of carbonyl (C=O) groups is 3. The number of nitrogens with one attached hydrogen (secondary N) is 2. The monoisotopic (exact) mass is 570 g/mol. The Morgan fingerprint density at radius 3 is 2.23 bits per heavy atom. The Hall–Kier alpha value is -4.46. The lowest BCUT2D eigenvalue weighted by Gasteiger charge is -2.25. The molecule has 0 aromatic heterocycles. The van der Waals surface area contributed by atoms with E-state index in [9.17, 15) is 14.4 Å². The van der Waals surface area contributed by atoms with E-state index < -0.39 is 18.1 Å². The van der Waals surface area contributed by atoms with Crippen LogP contribution in [0, 0.1) is 6.92 Å². The highest BCUT2D eigenvalue weighted by atomic mass is 35.5. The quantitative estimate of drug-likeness (QED) is 0.258. The molecule has 0 saturated heterocycles. The van der Waals surface area contributed by atoms with Gasteiger partial charge < -0.3 is 15.5 Å². The molecular weight excluding hydrogens is 547 g/mol. The number of urea groups is 1. The van der Waals surface area contributed by atoms with E-state index in [-0.39, 0.29) is 28.1 Å². The van der Waals surface area contributed by atoms with E-state index in [1.165, 1.54) is 4.90 Å². The molecular formula is C31H24Cl2N4O3. The van der Waals surface area contributed by atoms with Crippen molar-refractivity contribution in [2.75, 3.05) is 16.8 Å². The number of anilines is 2. The van der Waals surface area contributed by atoms with E-state index in [2.05, 4.69) is 10.6 Å². The highest BCUT2D eigenvalue weighted by Gasteiger charge is 2.34. The van der Waals surface area contributed by atoms with Gasteiger partial charge in [-0.2, -0.15) is 0 Å². The van der Waals surface area contributed by atoms with Gasteiger partial charge >= 0.3 is 6.03 Å². The highest BCUT2D eigenvalue weighted by Crippen LogP contribution is 2.31. The van der Waals surface area contributed by atoms with Gasteiger partial charge in [-0.05, 0) is 30.7 Å². The number of para-hydroxylation sites is 2. The fraction of sp³-hybridized carbons (Fsp3) is 0.0968. The Morgan fingerprint density at radius 2 is 1.50 bits per heavy atom. The van der Waals surface area contributed by atoms with Crippen LogP contribution >= 0.6 is 23.2 Å². The summed E-state index contributed by atoms with van der Waals surface area (Å²) in [5, 5.41) is 5.73. The number of hydrogen-bond acceptors (Lipinski definition) is 4. The molecule has 4 aromatic rings.